The van der Waals surface area contributed by atoms with Gasteiger partial charge in [-0.3, -0.25) is 0 Å². The van der Waals surface area contributed by atoms with Crippen LogP contribution < -0.4 is 10.6 Å². The fourth-order valence-electron chi connectivity index (χ4n) is 2.49. The number of nitrogens with two attached hydrogens (primary N) is 1. The van der Waals surface area contributed by atoms with Crippen molar-refractivity contribution in [2.24, 2.45) is 0 Å². The molecule has 3 heterocycles. The third-order valence-corrected chi connectivity index (χ3v) is 6.07. The molecule has 0 fully saturated rings. The van der Waals surface area contributed by atoms with Crippen molar-refractivity contribution in [1.29, 1.82) is 0 Å². The molecule has 4 aromatic rings. The van der Waals surface area contributed by atoms with Gasteiger partial charge in [0.15, 0.2) is 12.4 Å². The molecule has 0 saturated heterocycles. The Hall–Kier alpha value is -2.78. The van der Waals surface area contributed by atoms with Gasteiger partial charge in [-0.15, -0.1) is 22.7 Å². The Kier molecular flexibility index (Phi) is 4.17. The quantitative estimate of drug-likeness (QED) is 0.539. The maximum absolute atomic E-state index is 12.4. The number of nitrogens with zero attached hydrogens (tertiary/aromatic N) is 4. The normalized spacial score (nSPS) is 11.2. The minimum absolute atomic E-state index is 0.0569. The fraction of sp³-hybridized carbons (Fsp3) is 0.176. The maximum atomic E-state index is 12.4. The topological polar surface area (TPSA) is 94.2 Å². The van der Waals surface area contributed by atoms with Crippen LogP contribution in [0.5, 0.6) is 0 Å². The van der Waals surface area contributed by atoms with Gasteiger partial charge in [-0.25, -0.2) is 4.79 Å². The van der Waals surface area contributed by atoms with Gasteiger partial charge in [0.05, 0.1) is 4.70 Å². The maximum Gasteiger partial charge on any atom is 0.348 e. The van der Waals surface area contributed by atoms with Crippen molar-refractivity contribution >= 4 is 60.0 Å². The number of aromatic nitrogens is 3. The van der Waals surface area contributed by atoms with Crippen LogP contribution in [0.2, 0.25) is 0 Å². The van der Waals surface area contributed by atoms with Gasteiger partial charge < -0.3 is 15.4 Å². The summed E-state index contributed by atoms with van der Waals surface area (Å²) < 4.78 is 8.77. The number of rotatable bonds is 4. The zero-order chi connectivity index (χ0) is 18.3. The number of fused-ring (bicyclic) bond motifs is 3. The highest BCUT2D eigenvalue weighted by molar-refractivity contribution is 7.33. The molecular formula is C17H15N5O2S2. The molecule has 0 amide bonds. The number of carbonyl (C=O) groups excluding carboxylic acids is 1. The fourth-order valence-corrected chi connectivity index (χ4v) is 4.91. The van der Waals surface area contributed by atoms with Crippen LogP contribution in [0.4, 0.5) is 11.9 Å². The Morgan fingerprint density at radius 2 is 1.96 bits per heavy atom. The third kappa shape index (κ3) is 3.06. The molecule has 1 aromatic carbocycles. The average molecular weight is 385 g/mol. The first kappa shape index (κ1) is 16.7. The first-order valence-electron chi connectivity index (χ1n) is 7.77. The summed E-state index contributed by atoms with van der Waals surface area (Å²) in [5, 5.41) is 1.16. The van der Waals surface area contributed by atoms with E-state index in [1.807, 2.05) is 18.2 Å². The smallest absolute Gasteiger partial charge is 0.348 e. The Morgan fingerprint density at radius 1 is 1.15 bits per heavy atom. The molecule has 0 unspecified atom stereocenters. The minimum atomic E-state index is -0.395. The molecule has 7 nitrogen and oxygen atoms in total. The number of hydrogen-bond acceptors (Lipinski definition) is 9. The van der Waals surface area contributed by atoms with E-state index >= 15 is 0 Å². The van der Waals surface area contributed by atoms with E-state index in [0.717, 1.165) is 14.8 Å². The molecule has 132 valence electrons. The van der Waals surface area contributed by atoms with Crippen LogP contribution in [0.15, 0.2) is 30.3 Å². The Balaban J connectivity index is 1.54. The van der Waals surface area contributed by atoms with Gasteiger partial charge in [-0.05, 0) is 12.1 Å². The second-order valence-corrected chi connectivity index (χ2v) is 7.92. The SMILES string of the molecule is CN(C)c1nc(N)nc(COC(=O)c2cc3sc4ccccc4c3s2)n1. The van der Waals surface area contributed by atoms with E-state index < -0.39 is 5.97 Å². The second-order valence-electron chi connectivity index (χ2n) is 5.78. The van der Waals surface area contributed by atoms with E-state index in [4.69, 9.17) is 10.5 Å². The number of nitrogen functional groups attached to an aromatic ring is 1. The number of esters is 1. The summed E-state index contributed by atoms with van der Waals surface area (Å²) >= 11 is 3.11. The van der Waals surface area contributed by atoms with Crippen LogP contribution >= 0.6 is 22.7 Å². The number of carbonyl (C=O) groups is 1. The highest BCUT2D eigenvalue weighted by Crippen LogP contribution is 2.39. The third-order valence-electron chi connectivity index (χ3n) is 3.67. The van der Waals surface area contributed by atoms with Crippen molar-refractivity contribution in [2.75, 3.05) is 24.7 Å². The lowest BCUT2D eigenvalue weighted by molar-refractivity contribution is 0.0468. The average Bonchev–Trinajstić information content (AvgIpc) is 3.17. The van der Waals surface area contributed by atoms with Crippen molar-refractivity contribution in [1.82, 2.24) is 15.0 Å². The molecule has 4 rings (SSSR count). The minimum Gasteiger partial charge on any atom is -0.453 e. The summed E-state index contributed by atoms with van der Waals surface area (Å²) in [6, 6.07) is 10.0. The summed E-state index contributed by atoms with van der Waals surface area (Å²) in [7, 11) is 3.60. The molecule has 0 aliphatic rings. The highest BCUT2D eigenvalue weighted by Gasteiger charge is 2.16. The molecule has 26 heavy (non-hydrogen) atoms. The van der Waals surface area contributed by atoms with Gasteiger partial charge in [0.25, 0.3) is 0 Å². The van der Waals surface area contributed by atoms with E-state index in [-0.39, 0.29) is 12.6 Å². The number of thiophene rings is 2. The molecule has 2 N–H and O–H groups in total. The van der Waals surface area contributed by atoms with Crippen LogP contribution in [-0.4, -0.2) is 35.0 Å². The van der Waals surface area contributed by atoms with Crippen LogP contribution in [-0.2, 0) is 11.3 Å². The van der Waals surface area contributed by atoms with E-state index in [0.29, 0.717) is 16.6 Å². The van der Waals surface area contributed by atoms with E-state index in [9.17, 15) is 4.79 Å². The first-order valence-corrected chi connectivity index (χ1v) is 9.40. The van der Waals surface area contributed by atoms with E-state index in [1.54, 1.807) is 30.3 Å². The van der Waals surface area contributed by atoms with Gasteiger partial charge in [0.1, 0.15) is 4.88 Å². The standard InChI is InChI=1S/C17H15N5O2S2/c1-22(2)17-20-13(19-16(18)21-17)8-24-15(23)12-7-11-14(26-12)9-5-3-4-6-10(9)25-11/h3-7H,8H2,1-2H3,(H2,18,19,20,21). The molecule has 0 aliphatic heterocycles. The summed E-state index contributed by atoms with van der Waals surface area (Å²) in [5.41, 5.74) is 5.68. The summed E-state index contributed by atoms with van der Waals surface area (Å²) in [5.74, 6) is 0.441. The van der Waals surface area contributed by atoms with Crippen molar-refractivity contribution < 1.29 is 9.53 Å². The van der Waals surface area contributed by atoms with Gasteiger partial charge >= 0.3 is 5.97 Å². The number of ether oxygens (including phenoxy) is 1. The first-order chi connectivity index (χ1) is 12.5. The van der Waals surface area contributed by atoms with Gasteiger partial charge in [0, 0.05) is 28.9 Å². The Morgan fingerprint density at radius 3 is 2.77 bits per heavy atom. The lowest BCUT2D eigenvalue weighted by Gasteiger charge is -2.11. The summed E-state index contributed by atoms with van der Waals surface area (Å²) in [4.78, 5) is 26.9. The molecule has 0 radical (unpaired) electrons. The van der Waals surface area contributed by atoms with Crippen LogP contribution in [0.1, 0.15) is 15.5 Å². The van der Waals surface area contributed by atoms with Gasteiger partial charge in [0.2, 0.25) is 11.9 Å². The lowest BCUT2D eigenvalue weighted by atomic mass is 10.2. The number of anilines is 2. The predicted octanol–water partition coefficient (Wildman–Crippen LogP) is 3.31. The molecule has 3 aromatic heterocycles. The molecule has 0 aliphatic carbocycles. The lowest BCUT2D eigenvalue weighted by Crippen LogP contribution is -2.17. The molecule has 0 bridgehead atoms. The highest BCUT2D eigenvalue weighted by atomic mass is 32.1. The monoisotopic (exact) mass is 385 g/mol. The van der Waals surface area contributed by atoms with Crippen molar-refractivity contribution in [3.63, 3.8) is 0 Å². The van der Waals surface area contributed by atoms with Crippen molar-refractivity contribution in [2.45, 2.75) is 6.61 Å². The largest absolute Gasteiger partial charge is 0.453 e. The summed E-state index contributed by atoms with van der Waals surface area (Å²) in [6.45, 7) is -0.0569. The zero-order valence-corrected chi connectivity index (χ0v) is 15.7. The van der Waals surface area contributed by atoms with E-state index in [1.165, 1.54) is 16.0 Å². The molecule has 0 spiro atoms. The van der Waals surface area contributed by atoms with Crippen LogP contribution in [0.25, 0.3) is 19.5 Å². The second kappa shape index (κ2) is 6.50. The van der Waals surface area contributed by atoms with Crippen LogP contribution in [0.3, 0.4) is 0 Å². The van der Waals surface area contributed by atoms with Crippen LogP contribution in [0, 0.1) is 0 Å². The Labute approximate surface area is 157 Å². The van der Waals surface area contributed by atoms with Crippen molar-refractivity contribution in [3.05, 3.63) is 41.0 Å². The molecule has 0 atom stereocenters. The summed E-state index contributed by atoms with van der Waals surface area (Å²) in [6.07, 6.45) is 0. The molecular weight excluding hydrogens is 370 g/mol. The van der Waals surface area contributed by atoms with E-state index in [2.05, 4.69) is 27.1 Å². The molecule has 0 saturated carbocycles. The zero-order valence-electron chi connectivity index (χ0n) is 14.1. The number of benzene rings is 1. The van der Waals surface area contributed by atoms with Gasteiger partial charge in [-0.2, -0.15) is 15.0 Å². The number of hydrogen-bond donors (Lipinski definition) is 1. The Bertz CT molecular complexity index is 1120. The predicted molar refractivity (Wildman–Crippen MR) is 105 cm³/mol. The molecule has 9 heteroatoms. The van der Waals surface area contributed by atoms with Crippen molar-refractivity contribution in [3.8, 4) is 0 Å². The van der Waals surface area contributed by atoms with Gasteiger partial charge in [-0.1, -0.05) is 18.2 Å².